The molecule has 4 unspecified atom stereocenters. The fourth-order valence-electron chi connectivity index (χ4n) is 3.60. The van der Waals surface area contributed by atoms with E-state index in [9.17, 15) is 9.90 Å². The minimum absolute atomic E-state index is 0.0243. The van der Waals surface area contributed by atoms with Crippen LogP contribution in [0.15, 0.2) is 30.3 Å². The van der Waals surface area contributed by atoms with Crippen LogP contribution in [0.25, 0.3) is 0 Å². The minimum atomic E-state index is -0.384. The summed E-state index contributed by atoms with van der Waals surface area (Å²) in [6.07, 6.45) is 3.61. The molecule has 4 nitrogen and oxygen atoms in total. The molecule has 0 aliphatic carbocycles. The Hall–Kier alpha value is -1.55. The number of carbonyl (C=O) groups is 1. The van der Waals surface area contributed by atoms with Gasteiger partial charge >= 0.3 is 6.03 Å². The van der Waals surface area contributed by atoms with Gasteiger partial charge in [-0.15, -0.1) is 0 Å². The maximum atomic E-state index is 12.6. The van der Waals surface area contributed by atoms with Gasteiger partial charge in [-0.25, -0.2) is 4.79 Å². The van der Waals surface area contributed by atoms with Gasteiger partial charge in [0.15, 0.2) is 0 Å². The van der Waals surface area contributed by atoms with Crippen molar-refractivity contribution in [3.05, 3.63) is 35.9 Å². The first-order valence-corrected chi connectivity index (χ1v) is 8.78. The number of aliphatic hydroxyl groups is 1. The first kappa shape index (κ1) is 17.8. The topological polar surface area (TPSA) is 52.6 Å². The molecule has 0 spiro atoms. The van der Waals surface area contributed by atoms with E-state index < -0.39 is 0 Å². The zero-order valence-electron chi connectivity index (χ0n) is 14.5. The van der Waals surface area contributed by atoms with E-state index in [1.807, 2.05) is 23.1 Å². The van der Waals surface area contributed by atoms with Crippen LogP contribution >= 0.6 is 0 Å². The van der Waals surface area contributed by atoms with Gasteiger partial charge in [0.05, 0.1) is 6.10 Å². The molecule has 1 aliphatic rings. The van der Waals surface area contributed by atoms with Gasteiger partial charge in [0.1, 0.15) is 0 Å². The molecule has 4 heteroatoms. The molecule has 4 atom stereocenters. The molecule has 1 aromatic rings. The Kier molecular flexibility index (Phi) is 6.46. The van der Waals surface area contributed by atoms with Crippen molar-refractivity contribution in [3.63, 3.8) is 0 Å². The van der Waals surface area contributed by atoms with Crippen molar-refractivity contribution in [2.24, 2.45) is 0 Å². The van der Waals surface area contributed by atoms with Crippen molar-refractivity contribution in [2.75, 3.05) is 6.54 Å². The Morgan fingerprint density at radius 1 is 1.26 bits per heavy atom. The summed E-state index contributed by atoms with van der Waals surface area (Å²) in [7, 11) is 0. The SMILES string of the molecule is CC(O)CC(CNC(=O)N1C(C)CCCC1C)c1ccccc1. The van der Waals surface area contributed by atoms with Crippen molar-refractivity contribution in [2.45, 2.75) is 70.6 Å². The van der Waals surface area contributed by atoms with E-state index in [-0.39, 0.29) is 18.1 Å². The standard InChI is InChI=1S/C19H30N2O2/c1-14-8-7-9-15(2)21(14)19(23)20-13-18(12-16(3)22)17-10-5-4-6-11-17/h4-6,10-11,14-16,18,22H,7-9,12-13H2,1-3H3,(H,20,23). The minimum Gasteiger partial charge on any atom is -0.393 e. The Morgan fingerprint density at radius 2 is 1.87 bits per heavy atom. The average molecular weight is 318 g/mol. The fraction of sp³-hybridized carbons (Fsp3) is 0.632. The predicted molar refractivity (Wildman–Crippen MR) is 93.5 cm³/mol. The lowest BCUT2D eigenvalue weighted by molar-refractivity contribution is 0.121. The zero-order valence-corrected chi connectivity index (χ0v) is 14.5. The molecule has 0 bridgehead atoms. The molecule has 1 heterocycles. The highest BCUT2D eigenvalue weighted by Gasteiger charge is 2.29. The Bertz CT molecular complexity index is 479. The lowest BCUT2D eigenvalue weighted by Gasteiger charge is -2.39. The second-order valence-corrected chi connectivity index (χ2v) is 6.91. The quantitative estimate of drug-likeness (QED) is 0.873. The van der Waals surface area contributed by atoms with Gasteiger partial charge in [-0.2, -0.15) is 0 Å². The van der Waals surface area contributed by atoms with Gasteiger partial charge in [0, 0.05) is 24.5 Å². The first-order valence-electron chi connectivity index (χ1n) is 8.78. The Balaban J connectivity index is 1.98. The Labute approximate surface area is 139 Å². The lowest BCUT2D eigenvalue weighted by atomic mass is 9.93. The van der Waals surface area contributed by atoms with Crippen molar-refractivity contribution in [1.82, 2.24) is 10.2 Å². The highest BCUT2D eigenvalue weighted by Crippen LogP contribution is 2.24. The Morgan fingerprint density at radius 3 is 2.43 bits per heavy atom. The maximum Gasteiger partial charge on any atom is 0.317 e. The second-order valence-electron chi connectivity index (χ2n) is 6.91. The summed E-state index contributed by atoms with van der Waals surface area (Å²) in [5.41, 5.74) is 1.16. The monoisotopic (exact) mass is 318 g/mol. The molecular formula is C19H30N2O2. The predicted octanol–water partition coefficient (Wildman–Crippen LogP) is 3.51. The molecule has 2 amide bonds. The molecule has 1 saturated heterocycles. The van der Waals surface area contributed by atoms with Gasteiger partial charge < -0.3 is 15.3 Å². The smallest absolute Gasteiger partial charge is 0.317 e. The molecule has 128 valence electrons. The second kappa shape index (κ2) is 8.34. The molecule has 0 saturated carbocycles. The first-order chi connectivity index (χ1) is 11.0. The number of amides is 2. The molecule has 23 heavy (non-hydrogen) atoms. The van der Waals surface area contributed by atoms with E-state index in [0.29, 0.717) is 25.0 Å². The van der Waals surface area contributed by atoms with E-state index in [2.05, 4.69) is 31.3 Å². The number of nitrogens with zero attached hydrogens (tertiary/aromatic N) is 1. The summed E-state index contributed by atoms with van der Waals surface area (Å²) in [4.78, 5) is 14.6. The number of hydrogen-bond donors (Lipinski definition) is 2. The van der Waals surface area contributed by atoms with Gasteiger partial charge in [0.2, 0.25) is 0 Å². The third-order valence-electron chi connectivity index (χ3n) is 4.82. The van der Waals surface area contributed by atoms with Crippen molar-refractivity contribution >= 4 is 6.03 Å². The van der Waals surface area contributed by atoms with Crippen LogP contribution in [-0.4, -0.2) is 40.8 Å². The van der Waals surface area contributed by atoms with Crippen LogP contribution < -0.4 is 5.32 Å². The van der Waals surface area contributed by atoms with E-state index in [1.165, 1.54) is 6.42 Å². The van der Waals surface area contributed by atoms with Gasteiger partial charge in [-0.05, 0) is 52.0 Å². The third kappa shape index (κ3) is 4.96. The fourth-order valence-corrected chi connectivity index (χ4v) is 3.60. The van der Waals surface area contributed by atoms with Crippen LogP contribution in [0, 0.1) is 0 Å². The summed E-state index contributed by atoms with van der Waals surface area (Å²) in [5, 5.41) is 12.9. The summed E-state index contributed by atoms with van der Waals surface area (Å²) in [5.74, 6) is 0.135. The number of nitrogens with one attached hydrogen (secondary N) is 1. The molecule has 1 fully saturated rings. The number of hydrogen-bond acceptors (Lipinski definition) is 2. The molecule has 2 rings (SSSR count). The van der Waals surface area contributed by atoms with E-state index >= 15 is 0 Å². The molecule has 1 aliphatic heterocycles. The van der Waals surface area contributed by atoms with E-state index in [4.69, 9.17) is 0 Å². The largest absolute Gasteiger partial charge is 0.393 e. The molecule has 0 radical (unpaired) electrons. The van der Waals surface area contributed by atoms with Crippen molar-refractivity contribution < 1.29 is 9.90 Å². The molecular weight excluding hydrogens is 288 g/mol. The van der Waals surface area contributed by atoms with Crippen LogP contribution in [0.1, 0.15) is 57.9 Å². The molecule has 0 aromatic heterocycles. The van der Waals surface area contributed by atoms with Gasteiger partial charge in [-0.1, -0.05) is 30.3 Å². The summed E-state index contributed by atoms with van der Waals surface area (Å²) in [6, 6.07) is 10.7. The molecule has 1 aromatic carbocycles. The number of piperidine rings is 1. The third-order valence-corrected chi connectivity index (χ3v) is 4.82. The van der Waals surface area contributed by atoms with Crippen LogP contribution in [0.4, 0.5) is 4.79 Å². The van der Waals surface area contributed by atoms with Crippen LogP contribution in [-0.2, 0) is 0 Å². The van der Waals surface area contributed by atoms with E-state index in [1.54, 1.807) is 6.92 Å². The van der Waals surface area contributed by atoms with Crippen LogP contribution in [0.5, 0.6) is 0 Å². The summed E-state index contributed by atoms with van der Waals surface area (Å²) >= 11 is 0. The number of benzene rings is 1. The normalized spacial score (nSPS) is 24.1. The summed E-state index contributed by atoms with van der Waals surface area (Å²) < 4.78 is 0. The van der Waals surface area contributed by atoms with Gasteiger partial charge in [-0.3, -0.25) is 0 Å². The average Bonchev–Trinajstić information content (AvgIpc) is 2.51. The van der Waals surface area contributed by atoms with Crippen LogP contribution in [0.2, 0.25) is 0 Å². The van der Waals surface area contributed by atoms with Crippen LogP contribution in [0.3, 0.4) is 0 Å². The number of carbonyl (C=O) groups excluding carboxylic acids is 1. The maximum absolute atomic E-state index is 12.6. The zero-order chi connectivity index (χ0) is 16.8. The number of rotatable bonds is 5. The number of aliphatic hydroxyl groups excluding tert-OH is 1. The molecule has 2 N–H and O–H groups in total. The number of urea groups is 1. The highest BCUT2D eigenvalue weighted by atomic mass is 16.3. The van der Waals surface area contributed by atoms with Crippen molar-refractivity contribution in [3.8, 4) is 0 Å². The highest BCUT2D eigenvalue weighted by molar-refractivity contribution is 5.75. The lowest BCUT2D eigenvalue weighted by Crippen LogP contribution is -2.52. The summed E-state index contributed by atoms with van der Waals surface area (Å²) in [6.45, 7) is 6.61. The van der Waals surface area contributed by atoms with E-state index in [0.717, 1.165) is 18.4 Å². The van der Waals surface area contributed by atoms with Gasteiger partial charge in [0.25, 0.3) is 0 Å². The number of likely N-dealkylation sites (tertiary alicyclic amines) is 1. The van der Waals surface area contributed by atoms with Crippen molar-refractivity contribution in [1.29, 1.82) is 0 Å².